The van der Waals surface area contributed by atoms with Crippen LogP contribution in [0.4, 0.5) is 14.9 Å². The number of hydrogen-bond acceptors (Lipinski definition) is 19. The average molecular weight is 1120 g/mol. The van der Waals surface area contributed by atoms with Gasteiger partial charge in [0.2, 0.25) is 5.43 Å². The lowest BCUT2D eigenvalue weighted by Gasteiger charge is -2.50. The van der Waals surface area contributed by atoms with E-state index in [1.807, 2.05) is 65.6 Å². The fraction of sp³-hybridized carbons (Fsp3) is 0.772. The van der Waals surface area contributed by atoms with Gasteiger partial charge in [-0.1, -0.05) is 27.7 Å². The van der Waals surface area contributed by atoms with Gasteiger partial charge >= 0.3 is 18.1 Å². The van der Waals surface area contributed by atoms with E-state index in [1.54, 1.807) is 52.4 Å². The van der Waals surface area contributed by atoms with E-state index in [2.05, 4.69) is 5.32 Å². The number of benzene rings is 1. The summed E-state index contributed by atoms with van der Waals surface area (Å²) in [6, 6.07) is 2.39. The summed E-state index contributed by atoms with van der Waals surface area (Å²) in [6.45, 7) is 19.5. The number of aliphatic hydroxyl groups is 1. The summed E-state index contributed by atoms with van der Waals surface area (Å²) in [5, 5.41) is 24.6. The van der Waals surface area contributed by atoms with Crippen molar-refractivity contribution in [3.63, 3.8) is 0 Å². The fourth-order valence-corrected chi connectivity index (χ4v) is 12.6. The SMILES string of the molecule is CC[C@@H]1OC(=O)[C@H](C)[C@H](O[C@H]2CC(C)(OC)[C@@H](OCCN(C)CCNc3cc4c(cc3F)c(=O)c(C(=O)O)cn4C3CC3)[C@@H](C)O2)[C@@H](C)[C@H](O[C@H]2O[C@@H](C)C[C@@H](N(C)C)[C@H]2O)C(C)(OC)C[C@H](C)C(=O)[C@H](C)[C@H]2OC(=O)O[C@@]12C. The highest BCUT2D eigenvalue weighted by Crippen LogP contribution is 2.45. The van der Waals surface area contributed by atoms with Crippen LogP contribution in [0.15, 0.2) is 23.1 Å². The highest BCUT2D eigenvalue weighted by atomic mass is 19.1. The molecular weight excluding hydrogens is 1030 g/mol. The molecule has 0 spiro atoms. The number of aromatic carboxylic acids is 1. The predicted octanol–water partition coefficient (Wildman–Crippen LogP) is 6.18. The Morgan fingerprint density at radius 2 is 1.57 bits per heavy atom. The maximum Gasteiger partial charge on any atom is 0.509 e. The van der Waals surface area contributed by atoms with Crippen molar-refractivity contribution in [1.82, 2.24) is 14.4 Å². The molecule has 5 heterocycles. The number of carbonyl (C=O) groups is 4. The maximum absolute atomic E-state index is 15.4. The lowest BCUT2D eigenvalue weighted by atomic mass is 9.74. The lowest BCUT2D eigenvalue weighted by molar-refractivity contribution is -0.322. The van der Waals surface area contributed by atoms with Gasteiger partial charge in [-0.05, 0) is 107 Å². The number of Topliss-reactive ketones (excluding diaryl/α,β-unsaturated/α-hetero) is 1. The summed E-state index contributed by atoms with van der Waals surface area (Å²) in [6.07, 6.45) is -5.86. The van der Waals surface area contributed by atoms with Crippen LogP contribution < -0.4 is 10.7 Å². The minimum Gasteiger partial charge on any atom is -0.477 e. The number of rotatable bonds is 18. The van der Waals surface area contributed by atoms with Crippen molar-refractivity contribution in [3.8, 4) is 0 Å². The van der Waals surface area contributed by atoms with E-state index in [1.165, 1.54) is 13.3 Å². The van der Waals surface area contributed by atoms with Gasteiger partial charge < -0.3 is 77.3 Å². The van der Waals surface area contributed by atoms with Gasteiger partial charge in [-0.2, -0.15) is 0 Å². The van der Waals surface area contributed by atoms with Gasteiger partial charge in [0, 0.05) is 75.8 Å². The molecule has 21 nitrogen and oxygen atoms in total. The first-order valence-corrected chi connectivity index (χ1v) is 28.0. The maximum atomic E-state index is 15.4. The summed E-state index contributed by atoms with van der Waals surface area (Å²) in [5.41, 5.74) is -4.25. The van der Waals surface area contributed by atoms with Crippen molar-refractivity contribution in [2.24, 2.45) is 23.7 Å². The van der Waals surface area contributed by atoms with E-state index in [4.69, 9.17) is 47.4 Å². The Bertz CT molecular complexity index is 2570. The number of cyclic esters (lactones) is 1. The van der Waals surface area contributed by atoms with Crippen LogP contribution >= 0.6 is 0 Å². The van der Waals surface area contributed by atoms with Gasteiger partial charge in [0.05, 0.1) is 65.3 Å². The number of carbonyl (C=O) groups excluding carboxylic acids is 3. The molecule has 7 rings (SSSR count). The number of ether oxygens (including phenoxy) is 10. The third-order valence-corrected chi connectivity index (χ3v) is 17.6. The lowest BCUT2D eigenvalue weighted by Crippen LogP contribution is -2.61. The number of aromatic nitrogens is 1. The highest BCUT2D eigenvalue weighted by Gasteiger charge is 2.60. The van der Waals surface area contributed by atoms with Gasteiger partial charge in [0.1, 0.15) is 35.5 Å². The number of carboxylic acids is 1. The Morgan fingerprint density at radius 3 is 2.19 bits per heavy atom. The molecular formula is C57H87FN4O17. The summed E-state index contributed by atoms with van der Waals surface area (Å²) in [4.78, 5) is 71.0. The van der Waals surface area contributed by atoms with E-state index >= 15 is 4.39 Å². The summed E-state index contributed by atoms with van der Waals surface area (Å²) < 4.78 is 81.3. The van der Waals surface area contributed by atoms with Crippen molar-refractivity contribution in [1.29, 1.82) is 0 Å². The molecule has 1 saturated carbocycles. The van der Waals surface area contributed by atoms with Crippen LogP contribution in [0.25, 0.3) is 10.9 Å². The van der Waals surface area contributed by atoms with Crippen molar-refractivity contribution in [2.75, 3.05) is 66.9 Å². The number of carboxylic acid groups (broad SMARTS) is 1. The molecule has 0 bridgehead atoms. The summed E-state index contributed by atoms with van der Waals surface area (Å²) >= 11 is 0. The van der Waals surface area contributed by atoms with Crippen molar-refractivity contribution >= 4 is 40.5 Å². The molecule has 2 unspecified atom stereocenters. The third-order valence-electron chi connectivity index (χ3n) is 17.6. The minimum atomic E-state index is -1.52. The Balaban J connectivity index is 1.10. The predicted molar refractivity (Wildman–Crippen MR) is 287 cm³/mol. The number of halogens is 1. The highest BCUT2D eigenvalue weighted by molar-refractivity contribution is 5.93. The van der Waals surface area contributed by atoms with Crippen molar-refractivity contribution in [2.45, 2.75) is 198 Å². The Kier molecular flexibility index (Phi) is 19.7. The molecule has 0 amide bonds. The summed E-state index contributed by atoms with van der Waals surface area (Å²) in [7, 11) is 8.77. The summed E-state index contributed by atoms with van der Waals surface area (Å²) in [5.74, 6) is -6.30. The second-order valence-electron chi connectivity index (χ2n) is 23.8. The molecule has 1 aromatic heterocycles. The zero-order chi connectivity index (χ0) is 58.2. The number of ketones is 1. The molecule has 1 aliphatic carbocycles. The van der Waals surface area contributed by atoms with Gasteiger partial charge in [0.25, 0.3) is 0 Å². The van der Waals surface area contributed by atoms with Crippen LogP contribution in [0.3, 0.4) is 0 Å². The number of likely N-dealkylation sites (N-methyl/N-ethyl adjacent to an activating group) is 2. The molecule has 0 radical (unpaired) electrons. The van der Waals surface area contributed by atoms with Gasteiger partial charge in [-0.3, -0.25) is 14.4 Å². The Morgan fingerprint density at radius 1 is 0.899 bits per heavy atom. The molecule has 444 valence electrons. The van der Waals surface area contributed by atoms with Crippen LogP contribution in [0, 0.1) is 29.5 Å². The monoisotopic (exact) mass is 1120 g/mol. The van der Waals surface area contributed by atoms with Crippen LogP contribution in [-0.2, 0) is 57.0 Å². The fourth-order valence-electron chi connectivity index (χ4n) is 12.6. The van der Waals surface area contributed by atoms with Gasteiger partial charge in [-0.15, -0.1) is 0 Å². The van der Waals surface area contributed by atoms with E-state index < -0.39 is 125 Å². The Labute approximate surface area is 463 Å². The number of anilines is 1. The first-order chi connectivity index (χ1) is 37.1. The largest absolute Gasteiger partial charge is 0.509 e. The molecule has 3 N–H and O–H groups in total. The zero-order valence-electron chi connectivity index (χ0n) is 48.8. The molecule has 5 aliphatic rings. The second-order valence-corrected chi connectivity index (χ2v) is 23.8. The number of esters is 1. The van der Waals surface area contributed by atoms with E-state index in [0.29, 0.717) is 31.6 Å². The van der Waals surface area contributed by atoms with Crippen LogP contribution in [0.2, 0.25) is 0 Å². The first kappa shape index (κ1) is 62.2. The molecule has 79 heavy (non-hydrogen) atoms. The first-order valence-electron chi connectivity index (χ1n) is 28.0. The molecule has 1 aromatic carbocycles. The van der Waals surface area contributed by atoms with Crippen LogP contribution in [-0.4, -0.2) is 194 Å². The quantitative estimate of drug-likeness (QED) is 0.141. The molecule has 5 fully saturated rings. The normalized spacial score (nSPS) is 37.8. The molecule has 4 saturated heterocycles. The topological polar surface area (TPSA) is 242 Å². The van der Waals surface area contributed by atoms with Crippen molar-refractivity contribution < 1.29 is 81.2 Å². The van der Waals surface area contributed by atoms with Crippen LogP contribution in [0.1, 0.15) is 124 Å². The van der Waals surface area contributed by atoms with E-state index in [9.17, 15) is 34.2 Å². The Hall–Kier alpha value is -4.36. The number of hydrogen-bond donors (Lipinski definition) is 3. The number of methoxy groups -OCH3 is 2. The third kappa shape index (κ3) is 13.1. The van der Waals surface area contributed by atoms with E-state index in [0.717, 1.165) is 18.9 Å². The van der Waals surface area contributed by atoms with Gasteiger partial charge in [-0.25, -0.2) is 14.0 Å². The van der Waals surface area contributed by atoms with Gasteiger partial charge in [0.15, 0.2) is 24.3 Å². The number of aliphatic hydroxyl groups excluding tert-OH is 1. The van der Waals surface area contributed by atoms with E-state index in [-0.39, 0.29) is 66.5 Å². The zero-order valence-corrected chi connectivity index (χ0v) is 48.8. The van der Waals surface area contributed by atoms with Crippen molar-refractivity contribution in [3.05, 3.63) is 39.9 Å². The average Bonchev–Trinajstić information content (AvgIpc) is 4.29. The molecule has 2 aromatic rings. The minimum absolute atomic E-state index is 0.0212. The van der Waals surface area contributed by atoms with Crippen LogP contribution in [0.5, 0.6) is 0 Å². The number of pyridine rings is 1. The second kappa shape index (κ2) is 25.0. The molecule has 4 aliphatic heterocycles. The standard InChI is InChI=1S/C57H87FN4O17/c1-16-42-57(10)49(78-54(69)79-57)31(4)44(63)29(2)26-55(8,70-14)48(77-53-46(65)41(60(11)12)23-30(3)73-53)32(5)47(33(6)52(68)75-42)76-43-27-56(9,71-15)50(34(7)74-43)72-22-21-61(13)20-19-59-39-25-40-36(24-38(39)58)45(64)37(51(66)67)28-62(40)35-17-18-35/h24-25,28-35,41-43,46-50,53,59,65H,16-23,26-27H2,1-15H3,(H,66,67)/t29-,30-,31-,32+,33+,34+,41+,42-,43-,46+,47+,48-,49+,50-,53+,55?,56?,57-/m0/s1. The number of nitrogens with one attached hydrogen (secondary N) is 1. The molecule has 18 atom stereocenters. The smallest absolute Gasteiger partial charge is 0.477 e. The number of nitrogens with zero attached hydrogens (tertiary/aromatic N) is 3. The molecule has 22 heteroatoms. The number of fused-ring (bicyclic) bond motifs is 2.